The van der Waals surface area contributed by atoms with E-state index < -0.39 is 0 Å². The maximum absolute atomic E-state index is 12.8. The molecule has 3 saturated carbocycles. The van der Waals surface area contributed by atoms with E-state index >= 15 is 0 Å². The molecule has 0 aromatic carbocycles. The Bertz CT molecular complexity index is 941. The molecule has 0 radical (unpaired) electrons. The van der Waals surface area contributed by atoms with Crippen LogP contribution < -0.4 is 0 Å². The van der Waals surface area contributed by atoms with Crippen molar-refractivity contribution in [3.05, 3.63) is 23.9 Å². The summed E-state index contributed by atoms with van der Waals surface area (Å²) < 4.78 is 16.7. The van der Waals surface area contributed by atoms with Crippen LogP contribution in [0.5, 0.6) is 0 Å². The van der Waals surface area contributed by atoms with Crippen LogP contribution in [0, 0.1) is 46.3 Å². The highest BCUT2D eigenvalue weighted by atomic mass is 16.5. The average Bonchev–Trinajstić information content (AvgIpc) is 3.41. The highest BCUT2D eigenvalue weighted by molar-refractivity contribution is 5.82. The minimum absolute atomic E-state index is 0. The standard InChI is InChI=1S/C37H63NO4.2C2H6.2H2/c1-8-41-25-23-38(22-24-40-7)21-18-35(39)42-30-16-19-36(5)29(26-30)12-13-31-33-15-14-32(28(4)11-9-10-27(2)3)37(33,6)20-17-34(31)36;2*1-2;;/h12,18,21,27-28,30-34H,8-11,13-17,19-20,22-26H2,1-7H3;2*1-2H3;2*1H/b21-18+;;;;/t28-,30+,31?,32-,33?,34?,36+,37-;;;;/m1..../s1. The molecule has 0 bridgehead atoms. The van der Waals surface area contributed by atoms with Crippen molar-refractivity contribution in [2.45, 2.75) is 146 Å². The average molecular weight is 650 g/mol. The first-order valence-corrected chi connectivity index (χ1v) is 19.5. The van der Waals surface area contributed by atoms with Gasteiger partial charge in [0.2, 0.25) is 0 Å². The van der Waals surface area contributed by atoms with Crippen LogP contribution in [0.1, 0.15) is 143 Å². The second-order valence-corrected chi connectivity index (χ2v) is 15.1. The Balaban J connectivity index is 0.00000355. The first kappa shape index (κ1) is 40.8. The van der Waals surface area contributed by atoms with Crippen LogP contribution in [0.25, 0.3) is 0 Å². The number of fused-ring (bicyclic) bond motifs is 5. The van der Waals surface area contributed by atoms with Gasteiger partial charge in [-0.15, -0.1) is 0 Å². The van der Waals surface area contributed by atoms with Gasteiger partial charge >= 0.3 is 5.97 Å². The van der Waals surface area contributed by atoms with E-state index in [0.717, 1.165) is 67.9 Å². The lowest BCUT2D eigenvalue weighted by molar-refractivity contribution is -0.145. The first-order valence-electron chi connectivity index (χ1n) is 19.5. The normalized spacial score (nSPS) is 32.2. The van der Waals surface area contributed by atoms with E-state index in [-0.39, 0.29) is 20.3 Å². The van der Waals surface area contributed by atoms with Crippen molar-refractivity contribution in [2.24, 2.45) is 46.3 Å². The van der Waals surface area contributed by atoms with Crippen molar-refractivity contribution in [3.8, 4) is 0 Å². The maximum atomic E-state index is 12.8. The lowest BCUT2D eigenvalue weighted by Crippen LogP contribution is -2.51. The third-order valence-corrected chi connectivity index (χ3v) is 12.3. The zero-order valence-electron chi connectivity index (χ0n) is 32.2. The molecule has 4 aliphatic carbocycles. The van der Waals surface area contributed by atoms with E-state index in [0.29, 0.717) is 25.2 Å². The summed E-state index contributed by atoms with van der Waals surface area (Å²) in [5.41, 5.74) is 2.38. The van der Waals surface area contributed by atoms with E-state index in [2.05, 4.69) is 45.6 Å². The molecule has 0 N–H and O–H groups in total. The first-order chi connectivity index (χ1) is 22.1. The van der Waals surface area contributed by atoms with E-state index in [9.17, 15) is 4.79 Å². The molecule has 0 saturated heterocycles. The number of carbonyl (C=O) groups is 1. The maximum Gasteiger partial charge on any atom is 0.332 e. The fourth-order valence-corrected chi connectivity index (χ4v) is 9.92. The van der Waals surface area contributed by atoms with E-state index in [1.165, 1.54) is 51.4 Å². The second kappa shape index (κ2) is 20.2. The molecule has 3 unspecified atom stereocenters. The SMILES string of the molecule is CC.CC.CCOCCN(/C=C/C(=O)O[C@H]1CC[C@@]2(C)C(=CCC3C2CC[C@@]2(C)C3CC[C@@H]2[C@H](C)CCCC(C)C)C1)CCOC.[HH].[HH]. The summed E-state index contributed by atoms with van der Waals surface area (Å²) in [5.74, 6) is 4.87. The Hall–Kier alpha value is -1.33. The molecule has 4 aliphatic rings. The minimum atomic E-state index is -0.232. The number of hydrogen-bond acceptors (Lipinski definition) is 5. The number of carbonyl (C=O) groups excluding carboxylic acids is 1. The van der Waals surface area contributed by atoms with E-state index in [4.69, 9.17) is 14.2 Å². The molecule has 3 fully saturated rings. The largest absolute Gasteiger partial charge is 0.459 e. The quantitative estimate of drug-likeness (QED) is 0.0764. The van der Waals surface area contributed by atoms with Gasteiger partial charge in [0.1, 0.15) is 6.10 Å². The van der Waals surface area contributed by atoms with Crippen molar-refractivity contribution >= 4 is 5.97 Å². The molecule has 5 nitrogen and oxygen atoms in total. The summed E-state index contributed by atoms with van der Waals surface area (Å²) in [5, 5.41) is 0. The highest BCUT2D eigenvalue weighted by Crippen LogP contribution is 2.67. The molecule has 0 heterocycles. The molecule has 46 heavy (non-hydrogen) atoms. The molecule has 4 rings (SSSR count). The number of methoxy groups -OCH3 is 1. The summed E-state index contributed by atoms with van der Waals surface area (Å²) in [6.07, 6.45) is 20.2. The topological polar surface area (TPSA) is 48.0 Å². The van der Waals surface area contributed by atoms with Crippen LogP contribution in [0.3, 0.4) is 0 Å². The number of allylic oxidation sites excluding steroid dienone is 1. The van der Waals surface area contributed by atoms with Crippen molar-refractivity contribution < 1.29 is 21.9 Å². The fraction of sp³-hybridized carbons (Fsp3) is 0.878. The van der Waals surface area contributed by atoms with Gasteiger partial charge in [-0.25, -0.2) is 4.79 Å². The van der Waals surface area contributed by atoms with Gasteiger partial charge in [0.15, 0.2) is 0 Å². The summed E-state index contributed by atoms with van der Waals surface area (Å²) in [6.45, 7) is 25.9. The van der Waals surface area contributed by atoms with Gasteiger partial charge in [-0.1, -0.05) is 93.2 Å². The summed E-state index contributed by atoms with van der Waals surface area (Å²) in [4.78, 5) is 14.9. The molecule has 5 heteroatoms. The molecule has 0 aliphatic heterocycles. The van der Waals surface area contributed by atoms with Crippen molar-refractivity contribution in [1.29, 1.82) is 0 Å². The van der Waals surface area contributed by atoms with Gasteiger partial charge in [-0.2, -0.15) is 0 Å². The monoisotopic (exact) mass is 650 g/mol. The van der Waals surface area contributed by atoms with Gasteiger partial charge in [0.05, 0.1) is 13.2 Å². The molecule has 8 atom stereocenters. The predicted octanol–water partition coefficient (Wildman–Crippen LogP) is 11.0. The number of ether oxygens (including phenoxy) is 3. The zero-order valence-corrected chi connectivity index (χ0v) is 32.2. The number of rotatable bonds is 15. The van der Waals surface area contributed by atoms with Crippen molar-refractivity contribution in [1.82, 2.24) is 4.90 Å². The summed E-state index contributed by atoms with van der Waals surface area (Å²) in [6, 6.07) is 0. The third kappa shape index (κ3) is 10.3. The van der Waals surface area contributed by atoms with Crippen LogP contribution in [0.15, 0.2) is 23.9 Å². The Kier molecular flexibility index (Phi) is 18.0. The van der Waals surface area contributed by atoms with Gasteiger partial charge in [0.25, 0.3) is 0 Å². The van der Waals surface area contributed by atoms with Gasteiger partial charge in [-0.05, 0) is 98.2 Å². The molecule has 0 aromatic heterocycles. The third-order valence-electron chi connectivity index (χ3n) is 12.3. The van der Waals surface area contributed by atoms with Crippen molar-refractivity contribution in [3.63, 3.8) is 0 Å². The number of esters is 1. The highest BCUT2D eigenvalue weighted by Gasteiger charge is 2.59. The smallest absolute Gasteiger partial charge is 0.332 e. The molecular formula is C41H79NO4. The Labute approximate surface area is 288 Å². The van der Waals surface area contributed by atoms with Gasteiger partial charge in [0, 0.05) is 48.4 Å². The van der Waals surface area contributed by atoms with Crippen LogP contribution in [-0.4, -0.2) is 57.0 Å². The molecule has 0 spiro atoms. The molecule has 0 aromatic rings. The Morgan fingerprint density at radius 3 is 2.39 bits per heavy atom. The zero-order chi connectivity index (χ0) is 34.3. The Morgan fingerprint density at radius 1 is 1.00 bits per heavy atom. The van der Waals surface area contributed by atoms with Gasteiger partial charge < -0.3 is 19.1 Å². The molecule has 0 amide bonds. The van der Waals surface area contributed by atoms with Crippen LogP contribution >= 0.6 is 0 Å². The van der Waals surface area contributed by atoms with Crippen LogP contribution in [0.4, 0.5) is 0 Å². The molecular weight excluding hydrogens is 570 g/mol. The summed E-state index contributed by atoms with van der Waals surface area (Å²) in [7, 11) is 1.70. The van der Waals surface area contributed by atoms with Gasteiger partial charge in [-0.3, -0.25) is 0 Å². The van der Waals surface area contributed by atoms with Crippen molar-refractivity contribution in [2.75, 3.05) is 40.0 Å². The second-order valence-electron chi connectivity index (χ2n) is 15.1. The number of nitrogens with zero attached hydrogens (tertiary/aromatic N) is 1. The lowest BCUT2D eigenvalue weighted by Gasteiger charge is -2.58. The Morgan fingerprint density at radius 2 is 1.72 bits per heavy atom. The predicted molar refractivity (Wildman–Crippen MR) is 199 cm³/mol. The van der Waals surface area contributed by atoms with E-state index in [1.54, 1.807) is 18.8 Å². The molecule has 272 valence electrons. The fourth-order valence-electron chi connectivity index (χ4n) is 9.92. The van der Waals surface area contributed by atoms with Crippen LogP contribution in [-0.2, 0) is 19.0 Å². The van der Waals surface area contributed by atoms with Crippen LogP contribution in [0.2, 0.25) is 0 Å². The minimum Gasteiger partial charge on any atom is -0.459 e. The van der Waals surface area contributed by atoms with E-state index in [1.807, 2.05) is 40.8 Å². The number of hydrogen-bond donors (Lipinski definition) is 0. The lowest BCUT2D eigenvalue weighted by atomic mass is 9.47. The summed E-state index contributed by atoms with van der Waals surface area (Å²) >= 11 is 0.